The van der Waals surface area contributed by atoms with Gasteiger partial charge in [-0.3, -0.25) is 0 Å². The molecule has 0 saturated heterocycles. The first-order valence-corrected chi connectivity index (χ1v) is 13.3. The molecule has 4 rings (SSSR count). The van der Waals surface area contributed by atoms with Crippen LogP contribution in [0.3, 0.4) is 0 Å². The molecule has 2 aromatic carbocycles. The van der Waals surface area contributed by atoms with Gasteiger partial charge < -0.3 is 4.42 Å². The lowest BCUT2D eigenvalue weighted by molar-refractivity contribution is 0.575. The van der Waals surface area contributed by atoms with Gasteiger partial charge in [0.2, 0.25) is 0 Å². The lowest BCUT2D eigenvalue weighted by Gasteiger charge is -2.20. The van der Waals surface area contributed by atoms with Crippen molar-refractivity contribution in [1.82, 2.24) is 4.98 Å². The summed E-state index contributed by atoms with van der Waals surface area (Å²) in [7, 11) is -1.72. The van der Waals surface area contributed by atoms with Gasteiger partial charge in [-0.05, 0) is 34.4 Å². The Hall–Kier alpha value is -2.53. The van der Waals surface area contributed by atoms with Crippen LogP contribution in [-0.2, 0) is 5.41 Å². The van der Waals surface area contributed by atoms with E-state index in [1.165, 1.54) is 10.8 Å². The zero-order valence-electron chi connectivity index (χ0n) is 17.7. The average molecular weight is 410 g/mol. The Morgan fingerprint density at radius 2 is 1.69 bits per heavy atom. The fourth-order valence-corrected chi connectivity index (χ4v) is 5.35. The van der Waals surface area contributed by atoms with E-state index in [-0.39, 0.29) is 11.1 Å². The quantitative estimate of drug-likeness (QED) is 0.342. The summed E-state index contributed by atoms with van der Waals surface area (Å²) in [5.41, 5.74) is 3.25. The highest BCUT2D eigenvalue weighted by Crippen LogP contribution is 2.38. The van der Waals surface area contributed by atoms with E-state index in [1.807, 2.05) is 12.1 Å². The fraction of sp³-hybridized carbons (Fsp3) is 0.292. The molecule has 0 aliphatic rings. The molecule has 0 unspecified atom stereocenters. The lowest BCUT2D eigenvalue weighted by Crippen LogP contribution is -2.38. The molecular formula is C24H25F2NOSi. The summed E-state index contributed by atoms with van der Waals surface area (Å²) in [5.74, 6) is -1.39. The second-order valence-electron chi connectivity index (χ2n) is 9.66. The molecule has 29 heavy (non-hydrogen) atoms. The number of furan rings is 1. The highest BCUT2D eigenvalue weighted by Gasteiger charge is 2.26. The van der Waals surface area contributed by atoms with Crippen molar-refractivity contribution in [3.05, 3.63) is 59.8 Å². The Morgan fingerprint density at radius 3 is 2.31 bits per heavy atom. The molecular weight excluding hydrogens is 384 g/mol. The predicted octanol–water partition coefficient (Wildman–Crippen LogP) is 6.77. The standard InChI is InChI=1S/C24H25F2NOSi/c1-24(2,3)14-7-9-19-17(11-14)21-20(29(4,5)6)10-8-16(23(21)28-19)22-18(26)12-15(25)13-27-22/h7-13H,1-6H3. The first-order valence-electron chi connectivity index (χ1n) is 9.78. The van der Waals surface area contributed by atoms with E-state index in [9.17, 15) is 8.78 Å². The maximum absolute atomic E-state index is 14.5. The number of pyridine rings is 1. The van der Waals surface area contributed by atoms with Crippen molar-refractivity contribution in [1.29, 1.82) is 0 Å². The monoisotopic (exact) mass is 409 g/mol. The second kappa shape index (κ2) is 6.49. The van der Waals surface area contributed by atoms with Gasteiger partial charge in [0.15, 0.2) is 5.82 Å². The van der Waals surface area contributed by atoms with Crippen molar-refractivity contribution in [3.8, 4) is 11.3 Å². The normalized spacial score (nSPS) is 12.8. The summed E-state index contributed by atoms with van der Waals surface area (Å²) in [5, 5.41) is 3.31. The van der Waals surface area contributed by atoms with Gasteiger partial charge in [0, 0.05) is 22.4 Å². The number of rotatable bonds is 2. The Kier molecular flexibility index (Phi) is 4.42. The maximum atomic E-state index is 14.5. The molecule has 0 fully saturated rings. The third-order valence-corrected chi connectivity index (χ3v) is 7.39. The van der Waals surface area contributed by atoms with Crippen LogP contribution in [0.5, 0.6) is 0 Å². The smallest absolute Gasteiger partial charge is 0.152 e. The highest BCUT2D eigenvalue weighted by atomic mass is 28.3. The summed E-state index contributed by atoms with van der Waals surface area (Å²) in [6.45, 7) is 13.4. The fourth-order valence-electron chi connectivity index (χ4n) is 3.77. The molecule has 0 aliphatic carbocycles. The molecule has 0 radical (unpaired) electrons. The number of halogens is 2. The lowest BCUT2D eigenvalue weighted by atomic mass is 9.86. The summed E-state index contributed by atoms with van der Waals surface area (Å²) in [4.78, 5) is 4.02. The molecule has 150 valence electrons. The van der Waals surface area contributed by atoms with E-state index in [1.54, 1.807) is 0 Å². The van der Waals surface area contributed by atoms with E-state index < -0.39 is 19.7 Å². The maximum Gasteiger partial charge on any atom is 0.152 e. The number of hydrogen-bond donors (Lipinski definition) is 0. The summed E-state index contributed by atoms with van der Waals surface area (Å²) in [6.07, 6.45) is 1.04. The van der Waals surface area contributed by atoms with E-state index in [4.69, 9.17) is 4.42 Å². The first-order chi connectivity index (χ1) is 13.5. The molecule has 0 amide bonds. The molecule has 4 aromatic rings. The second-order valence-corrected chi connectivity index (χ2v) is 14.7. The van der Waals surface area contributed by atoms with E-state index in [2.05, 4.69) is 63.6 Å². The third-order valence-electron chi connectivity index (χ3n) is 5.36. The Balaban J connectivity index is 2.14. The summed E-state index contributed by atoms with van der Waals surface area (Å²) in [6, 6.07) is 11.0. The van der Waals surface area contributed by atoms with Crippen LogP contribution in [0.25, 0.3) is 33.2 Å². The van der Waals surface area contributed by atoms with E-state index >= 15 is 0 Å². The number of fused-ring (bicyclic) bond motifs is 3. The van der Waals surface area contributed by atoms with Gasteiger partial charge >= 0.3 is 0 Å². The summed E-state index contributed by atoms with van der Waals surface area (Å²) >= 11 is 0. The van der Waals surface area contributed by atoms with Crippen LogP contribution < -0.4 is 5.19 Å². The molecule has 0 spiro atoms. The minimum Gasteiger partial charge on any atom is -0.455 e. The van der Waals surface area contributed by atoms with Gasteiger partial charge in [-0.25, -0.2) is 13.8 Å². The van der Waals surface area contributed by atoms with Crippen LogP contribution in [0, 0.1) is 11.6 Å². The molecule has 2 heterocycles. The topological polar surface area (TPSA) is 26.0 Å². The molecule has 0 aliphatic heterocycles. The van der Waals surface area contributed by atoms with Gasteiger partial charge in [0.25, 0.3) is 0 Å². The molecule has 5 heteroatoms. The van der Waals surface area contributed by atoms with Crippen LogP contribution in [0.2, 0.25) is 19.6 Å². The molecule has 2 nitrogen and oxygen atoms in total. The predicted molar refractivity (Wildman–Crippen MR) is 119 cm³/mol. The molecule has 2 aromatic heterocycles. The highest BCUT2D eigenvalue weighted by molar-refractivity contribution is 6.90. The zero-order valence-corrected chi connectivity index (χ0v) is 18.7. The minimum atomic E-state index is -1.72. The van der Waals surface area contributed by atoms with E-state index in [0.717, 1.165) is 28.6 Å². The SMILES string of the molecule is CC(C)(C)c1ccc2oc3c(-c4ncc(F)cc4F)ccc([Si](C)(C)C)c3c2c1. The molecule has 0 N–H and O–H groups in total. The zero-order chi connectivity index (χ0) is 21.1. The largest absolute Gasteiger partial charge is 0.455 e. The first kappa shape index (κ1) is 19.8. The van der Waals surface area contributed by atoms with Crippen molar-refractivity contribution < 1.29 is 13.2 Å². The number of nitrogens with zero attached hydrogens (tertiary/aromatic N) is 1. The van der Waals surface area contributed by atoms with Crippen LogP contribution in [-0.4, -0.2) is 13.1 Å². The van der Waals surface area contributed by atoms with Crippen molar-refractivity contribution in [2.45, 2.75) is 45.8 Å². The van der Waals surface area contributed by atoms with Crippen molar-refractivity contribution in [2.24, 2.45) is 0 Å². The van der Waals surface area contributed by atoms with Crippen LogP contribution in [0.1, 0.15) is 26.3 Å². The van der Waals surface area contributed by atoms with Gasteiger partial charge in [-0.2, -0.15) is 0 Å². The molecule has 0 bridgehead atoms. The number of hydrogen-bond acceptors (Lipinski definition) is 2. The van der Waals surface area contributed by atoms with Crippen LogP contribution >= 0.6 is 0 Å². The van der Waals surface area contributed by atoms with Crippen LogP contribution in [0.4, 0.5) is 8.78 Å². The average Bonchev–Trinajstić information content (AvgIpc) is 2.98. The van der Waals surface area contributed by atoms with Crippen molar-refractivity contribution in [2.75, 3.05) is 0 Å². The Bertz CT molecular complexity index is 1250. The number of aromatic nitrogens is 1. The van der Waals surface area contributed by atoms with Gasteiger partial charge in [-0.15, -0.1) is 0 Å². The number of benzene rings is 2. The van der Waals surface area contributed by atoms with Gasteiger partial charge in [-0.1, -0.05) is 52.5 Å². The Morgan fingerprint density at radius 1 is 0.966 bits per heavy atom. The van der Waals surface area contributed by atoms with Crippen molar-refractivity contribution in [3.63, 3.8) is 0 Å². The third kappa shape index (κ3) is 3.37. The minimum absolute atomic E-state index is 0.000656. The Labute approximate surface area is 170 Å². The van der Waals surface area contributed by atoms with E-state index in [0.29, 0.717) is 11.1 Å². The molecule has 0 atom stereocenters. The molecule has 0 saturated carbocycles. The van der Waals surface area contributed by atoms with Gasteiger partial charge in [0.1, 0.15) is 22.7 Å². The van der Waals surface area contributed by atoms with Crippen molar-refractivity contribution >= 4 is 35.2 Å². The summed E-state index contributed by atoms with van der Waals surface area (Å²) < 4.78 is 34.2. The van der Waals surface area contributed by atoms with Crippen LogP contribution in [0.15, 0.2) is 47.0 Å². The van der Waals surface area contributed by atoms with Gasteiger partial charge in [0.05, 0.1) is 14.3 Å².